The molecule has 15 heteroatoms. The molecule has 0 radical (unpaired) electrons. The van der Waals surface area contributed by atoms with Gasteiger partial charge >= 0.3 is 12.4 Å². The highest BCUT2D eigenvalue weighted by Crippen LogP contribution is 2.43. The lowest BCUT2D eigenvalue weighted by Crippen LogP contribution is -2.60. The van der Waals surface area contributed by atoms with Crippen molar-refractivity contribution in [3.05, 3.63) is 88.4 Å². The van der Waals surface area contributed by atoms with Crippen molar-refractivity contribution in [1.29, 1.82) is 0 Å². The van der Waals surface area contributed by atoms with Crippen molar-refractivity contribution in [2.24, 2.45) is 0 Å². The molecule has 232 valence electrons. The zero-order chi connectivity index (χ0) is 32.2. The van der Waals surface area contributed by atoms with Gasteiger partial charge in [-0.2, -0.15) is 26.3 Å². The summed E-state index contributed by atoms with van der Waals surface area (Å²) in [6, 6.07) is 5.30. The van der Waals surface area contributed by atoms with Gasteiger partial charge in [0.15, 0.2) is 0 Å². The molecule has 1 atom stereocenters. The van der Waals surface area contributed by atoms with E-state index in [4.69, 9.17) is 0 Å². The van der Waals surface area contributed by atoms with Gasteiger partial charge in [-0.1, -0.05) is 6.07 Å². The van der Waals surface area contributed by atoms with Gasteiger partial charge in [0.25, 0.3) is 11.8 Å². The number of nitrogens with zero attached hydrogens (tertiary/aromatic N) is 4. The highest BCUT2D eigenvalue weighted by molar-refractivity contribution is 6.24. The number of hydrogen-bond acceptors (Lipinski definition) is 5. The molecular formula is C29H23F8N5O2. The number of carbonyl (C=O) groups excluding carboxylic acids is 2. The summed E-state index contributed by atoms with van der Waals surface area (Å²) in [5.41, 5.74) is -4.99. The lowest BCUT2D eigenvalue weighted by atomic mass is 9.84. The third-order valence-corrected chi connectivity index (χ3v) is 7.92. The average Bonchev–Trinajstić information content (AvgIpc) is 3.34. The van der Waals surface area contributed by atoms with Crippen LogP contribution in [0.1, 0.15) is 43.5 Å². The number of alkyl halides is 6. The van der Waals surface area contributed by atoms with Crippen LogP contribution in [0.25, 0.3) is 11.3 Å². The van der Waals surface area contributed by atoms with E-state index in [2.05, 4.69) is 15.3 Å². The molecule has 1 N–H and O–H groups in total. The van der Waals surface area contributed by atoms with Gasteiger partial charge in [-0.05, 0) is 62.6 Å². The smallest absolute Gasteiger partial charge is 0.321 e. The van der Waals surface area contributed by atoms with E-state index < -0.39 is 63.9 Å². The number of carbonyl (C=O) groups is 2. The zero-order valence-electron chi connectivity index (χ0n) is 23.1. The molecule has 1 aromatic heterocycles. The minimum absolute atomic E-state index is 0.0254. The van der Waals surface area contributed by atoms with Crippen molar-refractivity contribution >= 4 is 17.5 Å². The molecule has 2 aliphatic rings. The van der Waals surface area contributed by atoms with Crippen LogP contribution >= 0.6 is 0 Å². The molecule has 2 amide bonds. The molecule has 1 fully saturated rings. The fraction of sp³-hybridized carbons (Fsp3) is 0.310. The summed E-state index contributed by atoms with van der Waals surface area (Å²) in [7, 11) is 0. The molecule has 2 aliphatic heterocycles. The third kappa shape index (κ3) is 5.63. The van der Waals surface area contributed by atoms with Crippen LogP contribution in [0, 0.1) is 11.6 Å². The van der Waals surface area contributed by atoms with E-state index in [9.17, 15) is 44.7 Å². The highest BCUT2D eigenvalue weighted by atomic mass is 19.4. The fourth-order valence-corrected chi connectivity index (χ4v) is 5.51. The van der Waals surface area contributed by atoms with Crippen molar-refractivity contribution in [3.63, 3.8) is 0 Å². The van der Waals surface area contributed by atoms with Crippen LogP contribution in [0.15, 0.2) is 59.9 Å². The first-order valence-corrected chi connectivity index (χ1v) is 13.2. The molecule has 0 bridgehead atoms. The zero-order valence-corrected chi connectivity index (χ0v) is 23.1. The molecule has 0 aliphatic carbocycles. The van der Waals surface area contributed by atoms with E-state index in [1.165, 1.54) is 11.1 Å². The van der Waals surface area contributed by atoms with Crippen molar-refractivity contribution in [3.8, 4) is 11.3 Å². The normalized spacial score (nSPS) is 19.4. The van der Waals surface area contributed by atoms with E-state index in [-0.39, 0.29) is 23.4 Å². The van der Waals surface area contributed by atoms with E-state index in [1.807, 2.05) is 0 Å². The Hall–Kier alpha value is -4.40. The molecule has 3 aromatic rings. The quantitative estimate of drug-likeness (QED) is 0.258. The number of benzene rings is 2. The first kappa shape index (κ1) is 31.0. The topological polar surface area (TPSA) is 78.4 Å². The number of rotatable bonds is 5. The number of nitrogens with one attached hydrogen (secondary N) is 1. The Kier molecular flexibility index (Phi) is 7.72. The molecule has 0 spiro atoms. The molecular weight excluding hydrogens is 602 g/mol. The van der Waals surface area contributed by atoms with Gasteiger partial charge in [-0.25, -0.2) is 23.8 Å². The van der Waals surface area contributed by atoms with Gasteiger partial charge in [0, 0.05) is 23.7 Å². The van der Waals surface area contributed by atoms with Gasteiger partial charge in [-0.3, -0.25) is 14.6 Å². The van der Waals surface area contributed by atoms with Gasteiger partial charge in [0.2, 0.25) is 0 Å². The second kappa shape index (κ2) is 10.9. The van der Waals surface area contributed by atoms with Crippen LogP contribution < -0.4 is 5.32 Å². The SMILES string of the molecule is CC1=C(C(=O)Nc2ccc(C(F)(F)F)cc2-c2cc(C(F)(F)F)ncn2)C(=O)N(Cc2ccc(F)cc2F)N2CCCC12C. The first-order chi connectivity index (χ1) is 20.5. The van der Waals surface area contributed by atoms with E-state index in [0.717, 1.165) is 12.1 Å². The van der Waals surface area contributed by atoms with Crippen LogP contribution in [0.5, 0.6) is 0 Å². The summed E-state index contributed by atoms with van der Waals surface area (Å²) >= 11 is 0. The minimum atomic E-state index is -4.94. The lowest BCUT2D eigenvalue weighted by molar-refractivity contribution is -0.157. The third-order valence-electron chi connectivity index (χ3n) is 7.92. The number of fused-ring (bicyclic) bond motifs is 1. The standard InChI is InChI=1S/C29H23F8N5O2/c1-15-24(26(44)41(42-9-3-8-27(15,42)2)13-16-4-6-18(30)11-20(16)31)25(43)40-21-7-5-17(28(32,33)34)10-19(21)22-12-23(29(35,36)37)39-14-38-22/h4-7,10-12,14H,3,8-9,13H2,1-2H3,(H,40,43). The summed E-state index contributed by atoms with van der Waals surface area (Å²) in [6.45, 7) is 3.35. The molecule has 44 heavy (non-hydrogen) atoms. The average molecular weight is 626 g/mol. The Morgan fingerprint density at radius 3 is 2.39 bits per heavy atom. The van der Waals surface area contributed by atoms with Crippen LogP contribution in [0.3, 0.4) is 0 Å². The molecule has 7 nitrogen and oxygen atoms in total. The lowest BCUT2D eigenvalue weighted by Gasteiger charge is -2.47. The summed E-state index contributed by atoms with van der Waals surface area (Å²) < 4.78 is 109. The van der Waals surface area contributed by atoms with Crippen molar-refractivity contribution in [1.82, 2.24) is 20.0 Å². The maximum Gasteiger partial charge on any atom is 0.433 e. The van der Waals surface area contributed by atoms with Crippen molar-refractivity contribution in [2.45, 2.75) is 51.1 Å². The van der Waals surface area contributed by atoms with E-state index >= 15 is 0 Å². The predicted octanol–water partition coefficient (Wildman–Crippen LogP) is 6.53. The van der Waals surface area contributed by atoms with E-state index in [0.29, 0.717) is 55.6 Å². The number of halogens is 8. The molecule has 1 unspecified atom stereocenters. The highest BCUT2D eigenvalue weighted by Gasteiger charge is 2.50. The summed E-state index contributed by atoms with van der Waals surface area (Å²) in [5.74, 6) is -3.63. The second-order valence-electron chi connectivity index (χ2n) is 10.6. The Bertz CT molecular complexity index is 1690. The van der Waals surface area contributed by atoms with Crippen LogP contribution in [0.4, 0.5) is 40.8 Å². The monoisotopic (exact) mass is 625 g/mol. The van der Waals surface area contributed by atoms with Crippen LogP contribution in [-0.2, 0) is 28.5 Å². The van der Waals surface area contributed by atoms with Crippen molar-refractivity contribution < 1.29 is 44.7 Å². The molecule has 3 heterocycles. The predicted molar refractivity (Wildman–Crippen MR) is 140 cm³/mol. The second-order valence-corrected chi connectivity index (χ2v) is 10.6. The van der Waals surface area contributed by atoms with Crippen LogP contribution in [0.2, 0.25) is 0 Å². The molecule has 5 rings (SSSR count). The van der Waals surface area contributed by atoms with Gasteiger partial charge < -0.3 is 5.32 Å². The molecule has 2 aromatic carbocycles. The number of hydrazine groups is 1. The number of aromatic nitrogens is 2. The fourth-order valence-electron chi connectivity index (χ4n) is 5.51. The number of anilines is 1. The first-order valence-electron chi connectivity index (χ1n) is 13.2. The van der Waals surface area contributed by atoms with E-state index in [1.54, 1.807) is 18.9 Å². The van der Waals surface area contributed by atoms with Crippen LogP contribution in [-0.4, -0.2) is 43.9 Å². The van der Waals surface area contributed by atoms with Gasteiger partial charge in [0.1, 0.15) is 29.2 Å². The Balaban J connectivity index is 1.56. The Morgan fingerprint density at radius 2 is 1.73 bits per heavy atom. The minimum Gasteiger partial charge on any atom is -0.321 e. The maximum atomic E-state index is 14.6. The van der Waals surface area contributed by atoms with Crippen molar-refractivity contribution in [2.75, 3.05) is 11.9 Å². The largest absolute Gasteiger partial charge is 0.433 e. The summed E-state index contributed by atoms with van der Waals surface area (Å²) in [6.07, 6.45) is -8.18. The van der Waals surface area contributed by atoms with Gasteiger partial charge in [-0.15, -0.1) is 0 Å². The number of amides is 2. The number of hydrogen-bond donors (Lipinski definition) is 1. The Morgan fingerprint density at radius 1 is 1.00 bits per heavy atom. The van der Waals surface area contributed by atoms with Gasteiger partial charge in [0.05, 0.1) is 29.0 Å². The summed E-state index contributed by atoms with van der Waals surface area (Å²) in [4.78, 5) is 34.4. The molecule has 1 saturated heterocycles. The summed E-state index contributed by atoms with van der Waals surface area (Å²) in [5, 5.41) is 5.23. The maximum absolute atomic E-state index is 14.6. The Labute approximate surface area is 245 Å². The molecule has 0 saturated carbocycles.